The van der Waals surface area contributed by atoms with Crippen LogP contribution in [0.25, 0.3) is 0 Å². The molecular weight excluding hydrogens is 279 g/mol. The minimum Gasteiger partial charge on any atom is -0.453 e. The summed E-state index contributed by atoms with van der Waals surface area (Å²) in [6, 6.07) is 6.25. The maximum Gasteiger partial charge on any atom is 0.272 e. The minimum atomic E-state index is -0.832. The van der Waals surface area contributed by atoms with Gasteiger partial charge in [-0.1, -0.05) is 6.92 Å². The van der Waals surface area contributed by atoms with Gasteiger partial charge in [-0.15, -0.1) is 0 Å². The molecule has 2 rings (SSSR count). The molecule has 0 fully saturated rings. The molecule has 0 aliphatic rings. The van der Waals surface area contributed by atoms with Crippen LogP contribution < -0.4 is 4.74 Å². The molecule has 0 amide bonds. The average Bonchev–Trinajstić information content (AvgIpc) is 2.49. The van der Waals surface area contributed by atoms with Crippen LogP contribution in [0.3, 0.4) is 0 Å². The highest BCUT2D eigenvalue weighted by Gasteiger charge is 2.13. The van der Waals surface area contributed by atoms with Gasteiger partial charge >= 0.3 is 0 Å². The summed E-state index contributed by atoms with van der Waals surface area (Å²) < 4.78 is 18.9. The van der Waals surface area contributed by atoms with E-state index in [2.05, 4.69) is 4.98 Å². The van der Waals surface area contributed by atoms with Gasteiger partial charge in [0.2, 0.25) is 0 Å². The summed E-state index contributed by atoms with van der Waals surface area (Å²) in [4.78, 5) is 13.8. The van der Waals surface area contributed by atoms with Gasteiger partial charge < -0.3 is 9.84 Å². The molecule has 7 heteroatoms. The Morgan fingerprint density at radius 3 is 2.71 bits per heavy atom. The van der Waals surface area contributed by atoms with Crippen LogP contribution in [-0.2, 0) is 0 Å². The molecule has 6 nitrogen and oxygen atoms in total. The number of hydrogen-bond donors (Lipinski definition) is 1. The molecule has 1 heterocycles. The number of aromatic nitrogens is 1. The van der Waals surface area contributed by atoms with Gasteiger partial charge in [-0.3, -0.25) is 15.1 Å². The number of pyridine rings is 1. The zero-order chi connectivity index (χ0) is 15.4. The van der Waals surface area contributed by atoms with E-state index in [-0.39, 0.29) is 17.2 Å². The summed E-state index contributed by atoms with van der Waals surface area (Å²) in [5, 5.41) is 20.1. The van der Waals surface area contributed by atoms with Gasteiger partial charge in [0.05, 0.1) is 29.0 Å². The lowest BCUT2D eigenvalue weighted by molar-refractivity contribution is -0.385. The number of rotatable bonds is 5. The number of nitro groups is 1. The lowest BCUT2D eigenvalue weighted by Crippen LogP contribution is -1.98. The highest BCUT2D eigenvalue weighted by atomic mass is 19.1. The molecule has 1 N–H and O–H groups in total. The molecule has 2 aromatic rings. The second-order valence-corrected chi connectivity index (χ2v) is 4.32. The third-order valence-corrected chi connectivity index (χ3v) is 2.84. The van der Waals surface area contributed by atoms with E-state index in [0.717, 1.165) is 12.1 Å². The molecule has 0 bridgehead atoms. The van der Waals surface area contributed by atoms with E-state index in [1.54, 1.807) is 12.1 Å². The maximum atomic E-state index is 13.7. The van der Waals surface area contributed by atoms with Gasteiger partial charge in [0.1, 0.15) is 5.75 Å². The highest BCUT2D eigenvalue weighted by molar-refractivity contribution is 5.39. The van der Waals surface area contributed by atoms with E-state index >= 15 is 0 Å². The van der Waals surface area contributed by atoms with Gasteiger partial charge in [-0.05, 0) is 24.6 Å². The van der Waals surface area contributed by atoms with Crippen molar-refractivity contribution in [3.63, 3.8) is 0 Å². The fourth-order valence-electron chi connectivity index (χ4n) is 1.67. The van der Waals surface area contributed by atoms with E-state index in [9.17, 15) is 19.6 Å². The first kappa shape index (κ1) is 14.9. The zero-order valence-electron chi connectivity index (χ0n) is 11.2. The molecule has 1 atom stereocenters. The maximum absolute atomic E-state index is 13.7. The molecule has 1 aromatic carbocycles. The van der Waals surface area contributed by atoms with Crippen molar-refractivity contribution in [1.29, 1.82) is 0 Å². The number of aliphatic hydroxyl groups is 1. The van der Waals surface area contributed by atoms with Crippen molar-refractivity contribution in [3.8, 4) is 11.5 Å². The molecule has 1 aromatic heterocycles. The number of hydrogen-bond acceptors (Lipinski definition) is 5. The predicted molar refractivity (Wildman–Crippen MR) is 72.6 cm³/mol. The van der Waals surface area contributed by atoms with Crippen molar-refractivity contribution in [2.75, 3.05) is 0 Å². The van der Waals surface area contributed by atoms with Crippen LogP contribution in [0.1, 0.15) is 25.1 Å². The molecule has 0 saturated carbocycles. The molecule has 0 aliphatic heterocycles. The van der Waals surface area contributed by atoms with Crippen molar-refractivity contribution >= 4 is 5.69 Å². The first-order valence-electron chi connectivity index (χ1n) is 6.27. The fraction of sp³-hybridized carbons (Fsp3) is 0.214. The van der Waals surface area contributed by atoms with Crippen LogP contribution in [-0.4, -0.2) is 15.0 Å². The van der Waals surface area contributed by atoms with Crippen LogP contribution in [0.4, 0.5) is 10.1 Å². The van der Waals surface area contributed by atoms with Crippen molar-refractivity contribution in [2.45, 2.75) is 19.4 Å². The molecule has 0 radical (unpaired) electrons. The monoisotopic (exact) mass is 292 g/mol. The van der Waals surface area contributed by atoms with Gasteiger partial charge in [0.15, 0.2) is 11.6 Å². The summed E-state index contributed by atoms with van der Waals surface area (Å²) in [7, 11) is 0. The third-order valence-electron chi connectivity index (χ3n) is 2.84. The molecule has 21 heavy (non-hydrogen) atoms. The SMILES string of the molecule is CCC(O)c1ccc(Oc2ccc([N+](=O)[O-])cc2F)cn1. The van der Waals surface area contributed by atoms with Gasteiger partial charge in [0, 0.05) is 6.07 Å². The minimum absolute atomic E-state index is 0.133. The van der Waals surface area contributed by atoms with E-state index < -0.39 is 16.8 Å². The van der Waals surface area contributed by atoms with Crippen molar-refractivity contribution in [2.24, 2.45) is 0 Å². The Kier molecular flexibility index (Phi) is 4.44. The molecule has 1 unspecified atom stereocenters. The van der Waals surface area contributed by atoms with Gasteiger partial charge in [0.25, 0.3) is 5.69 Å². The summed E-state index contributed by atoms with van der Waals surface area (Å²) >= 11 is 0. The molecule has 0 aliphatic carbocycles. The van der Waals surface area contributed by atoms with E-state index in [4.69, 9.17) is 4.74 Å². The Labute approximate surface area is 120 Å². The zero-order valence-corrected chi connectivity index (χ0v) is 11.2. The number of non-ortho nitro benzene ring substituents is 1. The summed E-state index contributed by atoms with van der Waals surface area (Å²) in [6.07, 6.45) is 1.23. The predicted octanol–water partition coefficient (Wildman–Crippen LogP) is 3.36. The quantitative estimate of drug-likeness (QED) is 0.674. The average molecular weight is 292 g/mol. The summed E-state index contributed by atoms with van der Waals surface area (Å²) in [6.45, 7) is 1.82. The second kappa shape index (κ2) is 6.27. The van der Waals surface area contributed by atoms with Gasteiger partial charge in [-0.2, -0.15) is 0 Å². The summed E-state index contributed by atoms with van der Waals surface area (Å²) in [5.41, 5.74) is 0.147. The third kappa shape index (κ3) is 3.51. The lowest BCUT2D eigenvalue weighted by Gasteiger charge is -2.09. The van der Waals surface area contributed by atoms with Crippen LogP contribution in [0, 0.1) is 15.9 Å². The standard InChI is InChI=1S/C14H13FN2O4/c1-2-13(18)12-5-4-10(8-16-12)21-14-6-3-9(17(19)20)7-11(14)15/h3-8,13,18H,2H2,1H3. The van der Waals surface area contributed by atoms with Crippen molar-refractivity contribution in [3.05, 3.63) is 58.2 Å². The smallest absolute Gasteiger partial charge is 0.272 e. The first-order chi connectivity index (χ1) is 10.0. The van der Waals surface area contributed by atoms with Gasteiger partial charge in [-0.25, -0.2) is 4.39 Å². The largest absolute Gasteiger partial charge is 0.453 e. The van der Waals surface area contributed by atoms with Crippen LogP contribution in [0.2, 0.25) is 0 Å². The van der Waals surface area contributed by atoms with E-state index in [1.165, 1.54) is 12.3 Å². The summed E-state index contributed by atoms with van der Waals surface area (Å²) in [5.74, 6) is -0.692. The number of nitrogens with zero attached hydrogens (tertiary/aromatic N) is 2. The Morgan fingerprint density at radius 2 is 2.19 bits per heavy atom. The number of halogens is 1. The highest BCUT2D eigenvalue weighted by Crippen LogP contribution is 2.27. The Bertz CT molecular complexity index is 646. The Balaban J connectivity index is 2.16. The lowest BCUT2D eigenvalue weighted by atomic mass is 10.2. The number of benzene rings is 1. The molecular formula is C14H13FN2O4. The normalized spacial score (nSPS) is 12.0. The topological polar surface area (TPSA) is 85.5 Å². The number of aliphatic hydroxyl groups excluding tert-OH is 1. The van der Waals surface area contributed by atoms with Crippen molar-refractivity contribution < 1.29 is 19.2 Å². The van der Waals surface area contributed by atoms with E-state index in [1.807, 2.05) is 6.92 Å². The molecule has 110 valence electrons. The Morgan fingerprint density at radius 1 is 1.43 bits per heavy atom. The molecule has 0 spiro atoms. The molecule has 0 saturated heterocycles. The number of nitro benzene ring substituents is 1. The second-order valence-electron chi connectivity index (χ2n) is 4.32. The van der Waals surface area contributed by atoms with Crippen molar-refractivity contribution in [1.82, 2.24) is 4.98 Å². The fourth-order valence-corrected chi connectivity index (χ4v) is 1.67. The van der Waals surface area contributed by atoms with Crippen LogP contribution in [0.15, 0.2) is 36.5 Å². The van der Waals surface area contributed by atoms with Crippen LogP contribution >= 0.6 is 0 Å². The van der Waals surface area contributed by atoms with E-state index in [0.29, 0.717) is 12.1 Å². The first-order valence-corrected chi connectivity index (χ1v) is 6.27. The van der Waals surface area contributed by atoms with Crippen LogP contribution in [0.5, 0.6) is 11.5 Å². The Hall–Kier alpha value is -2.54. The number of ether oxygens (including phenoxy) is 1.